The van der Waals surface area contributed by atoms with Crippen LogP contribution in [0.2, 0.25) is 0 Å². The first-order valence-electron chi connectivity index (χ1n) is 8.51. The summed E-state index contributed by atoms with van der Waals surface area (Å²) in [5.41, 5.74) is 2.60. The number of aliphatic hydroxyl groups excluding tert-OH is 1. The van der Waals surface area contributed by atoms with Crippen LogP contribution in [0.3, 0.4) is 0 Å². The number of aryl methyl sites for hydroxylation is 1. The van der Waals surface area contributed by atoms with Crippen molar-refractivity contribution < 1.29 is 14.6 Å². The number of aliphatic hydroxyl groups is 1. The highest BCUT2D eigenvalue weighted by Gasteiger charge is 2.34. The minimum absolute atomic E-state index is 0.0313. The van der Waals surface area contributed by atoms with Gasteiger partial charge in [0.05, 0.1) is 18.9 Å². The molecule has 4 heteroatoms. The molecule has 124 valence electrons. The third-order valence-electron chi connectivity index (χ3n) is 4.40. The second-order valence-corrected chi connectivity index (χ2v) is 6.38. The molecular weight excluding hydrogens is 278 g/mol. The predicted molar refractivity (Wildman–Crippen MR) is 86.7 cm³/mol. The lowest BCUT2D eigenvalue weighted by Gasteiger charge is -2.37. The van der Waals surface area contributed by atoms with Gasteiger partial charge >= 0.3 is 0 Å². The second-order valence-electron chi connectivity index (χ2n) is 6.38. The Bertz CT molecular complexity index is 489. The number of unbranched alkanes of at least 4 members (excludes halogenated alkanes) is 5. The van der Waals surface area contributed by atoms with Crippen molar-refractivity contribution in [3.05, 3.63) is 23.0 Å². The molecule has 0 saturated carbocycles. The first kappa shape index (κ1) is 17.2. The fourth-order valence-electron chi connectivity index (χ4n) is 2.93. The molecule has 1 N–H and O–H groups in total. The second kappa shape index (κ2) is 7.93. The third-order valence-corrected chi connectivity index (χ3v) is 4.40. The van der Waals surface area contributed by atoms with Crippen molar-refractivity contribution in [2.45, 2.75) is 84.7 Å². The minimum atomic E-state index is -0.571. The minimum Gasteiger partial charge on any atom is -0.460 e. The Kier molecular flexibility index (Phi) is 6.21. The molecule has 0 amide bonds. The van der Waals surface area contributed by atoms with Gasteiger partial charge in [0.15, 0.2) is 0 Å². The van der Waals surface area contributed by atoms with Crippen LogP contribution in [-0.2, 0) is 18.0 Å². The zero-order valence-electron chi connectivity index (χ0n) is 14.2. The smallest absolute Gasteiger partial charge is 0.208 e. The summed E-state index contributed by atoms with van der Waals surface area (Å²) in [4.78, 5) is 4.32. The summed E-state index contributed by atoms with van der Waals surface area (Å²) in [7, 11) is 0. The van der Waals surface area contributed by atoms with E-state index in [1.807, 2.05) is 13.8 Å². The first-order valence-corrected chi connectivity index (χ1v) is 8.51. The van der Waals surface area contributed by atoms with Gasteiger partial charge in [-0.1, -0.05) is 39.0 Å². The standard InChI is InChI=1S/C18H29NO3/c1-4-5-6-7-8-9-10-18(3)21-13-16-15(12-20)11-19-14(2)17(16)22-18/h11,20H,4-10,12-13H2,1-3H3. The molecule has 0 spiro atoms. The summed E-state index contributed by atoms with van der Waals surface area (Å²) < 4.78 is 12.1. The van der Waals surface area contributed by atoms with Gasteiger partial charge in [-0.25, -0.2) is 0 Å². The van der Waals surface area contributed by atoms with Gasteiger partial charge in [-0.05, 0) is 13.3 Å². The van der Waals surface area contributed by atoms with E-state index in [9.17, 15) is 5.11 Å². The molecule has 2 heterocycles. The summed E-state index contributed by atoms with van der Waals surface area (Å²) in [6.45, 7) is 6.64. The van der Waals surface area contributed by atoms with Crippen molar-refractivity contribution in [1.82, 2.24) is 4.98 Å². The molecule has 1 aromatic heterocycles. The van der Waals surface area contributed by atoms with Gasteiger partial charge in [0.25, 0.3) is 0 Å². The normalized spacial score (nSPS) is 20.5. The van der Waals surface area contributed by atoms with E-state index in [2.05, 4.69) is 11.9 Å². The molecule has 0 fully saturated rings. The maximum absolute atomic E-state index is 9.41. The van der Waals surface area contributed by atoms with Gasteiger partial charge in [-0.2, -0.15) is 0 Å². The summed E-state index contributed by atoms with van der Waals surface area (Å²) in [6.07, 6.45) is 10.1. The van der Waals surface area contributed by atoms with Crippen molar-refractivity contribution in [1.29, 1.82) is 0 Å². The molecule has 22 heavy (non-hydrogen) atoms. The van der Waals surface area contributed by atoms with Gasteiger partial charge in [-0.3, -0.25) is 4.98 Å². The number of fused-ring (bicyclic) bond motifs is 1. The number of hydrogen-bond acceptors (Lipinski definition) is 4. The Morgan fingerprint density at radius 3 is 2.68 bits per heavy atom. The Balaban J connectivity index is 1.93. The van der Waals surface area contributed by atoms with E-state index in [0.29, 0.717) is 6.61 Å². The van der Waals surface area contributed by atoms with Crippen LogP contribution in [0, 0.1) is 6.92 Å². The highest BCUT2D eigenvalue weighted by molar-refractivity contribution is 5.42. The number of ether oxygens (including phenoxy) is 2. The fourth-order valence-corrected chi connectivity index (χ4v) is 2.93. The first-order chi connectivity index (χ1) is 10.6. The maximum Gasteiger partial charge on any atom is 0.208 e. The molecule has 1 aromatic rings. The van der Waals surface area contributed by atoms with Crippen LogP contribution < -0.4 is 4.74 Å². The predicted octanol–water partition coefficient (Wildman–Crippen LogP) is 4.26. The van der Waals surface area contributed by atoms with Crippen LogP contribution in [0.15, 0.2) is 6.20 Å². The van der Waals surface area contributed by atoms with Crippen LogP contribution in [0.1, 0.15) is 75.6 Å². The molecule has 0 bridgehead atoms. The van der Waals surface area contributed by atoms with Gasteiger partial charge < -0.3 is 14.6 Å². The molecule has 1 atom stereocenters. The Hall–Kier alpha value is -1.13. The lowest BCUT2D eigenvalue weighted by molar-refractivity contribution is -0.198. The zero-order chi connectivity index (χ0) is 16.0. The quantitative estimate of drug-likeness (QED) is 0.729. The van der Waals surface area contributed by atoms with E-state index in [1.165, 1.54) is 32.1 Å². The van der Waals surface area contributed by atoms with Gasteiger partial charge in [0.2, 0.25) is 5.79 Å². The summed E-state index contributed by atoms with van der Waals surface area (Å²) >= 11 is 0. The van der Waals surface area contributed by atoms with Crippen molar-refractivity contribution >= 4 is 0 Å². The topological polar surface area (TPSA) is 51.6 Å². The monoisotopic (exact) mass is 307 g/mol. The summed E-state index contributed by atoms with van der Waals surface area (Å²) in [5.74, 6) is 0.226. The Morgan fingerprint density at radius 2 is 1.95 bits per heavy atom. The molecular formula is C18H29NO3. The summed E-state index contributed by atoms with van der Waals surface area (Å²) in [6, 6.07) is 0. The van der Waals surface area contributed by atoms with Crippen LogP contribution >= 0.6 is 0 Å². The van der Waals surface area contributed by atoms with Crippen LogP contribution in [-0.4, -0.2) is 15.9 Å². The Morgan fingerprint density at radius 1 is 1.23 bits per heavy atom. The molecule has 1 aliphatic rings. The number of nitrogens with zero attached hydrogens (tertiary/aromatic N) is 1. The van der Waals surface area contributed by atoms with E-state index in [0.717, 1.165) is 35.4 Å². The number of pyridine rings is 1. The molecule has 0 radical (unpaired) electrons. The zero-order valence-corrected chi connectivity index (χ0v) is 14.2. The summed E-state index contributed by atoms with van der Waals surface area (Å²) in [5, 5.41) is 9.41. The number of rotatable bonds is 8. The lowest BCUT2D eigenvalue weighted by Crippen LogP contribution is -2.39. The molecule has 4 nitrogen and oxygen atoms in total. The van der Waals surface area contributed by atoms with Crippen LogP contribution in [0.5, 0.6) is 5.75 Å². The van der Waals surface area contributed by atoms with E-state index >= 15 is 0 Å². The van der Waals surface area contributed by atoms with Crippen molar-refractivity contribution in [3.63, 3.8) is 0 Å². The SMILES string of the molecule is CCCCCCCCC1(C)OCc2c(CO)cnc(C)c2O1. The molecule has 1 aliphatic heterocycles. The average molecular weight is 307 g/mol. The largest absolute Gasteiger partial charge is 0.460 e. The number of aromatic nitrogens is 1. The van der Waals surface area contributed by atoms with E-state index in [4.69, 9.17) is 9.47 Å². The van der Waals surface area contributed by atoms with E-state index < -0.39 is 5.79 Å². The van der Waals surface area contributed by atoms with Crippen molar-refractivity contribution in [3.8, 4) is 5.75 Å². The van der Waals surface area contributed by atoms with Gasteiger partial charge in [-0.15, -0.1) is 0 Å². The van der Waals surface area contributed by atoms with Crippen LogP contribution in [0.4, 0.5) is 0 Å². The molecule has 2 rings (SSSR count). The number of hydrogen-bond donors (Lipinski definition) is 1. The maximum atomic E-state index is 9.41. The van der Waals surface area contributed by atoms with E-state index in [-0.39, 0.29) is 6.61 Å². The van der Waals surface area contributed by atoms with Crippen LogP contribution in [0.25, 0.3) is 0 Å². The average Bonchev–Trinajstić information content (AvgIpc) is 2.52. The highest BCUT2D eigenvalue weighted by Crippen LogP contribution is 2.37. The Labute approximate surface area is 133 Å². The molecule has 0 saturated heterocycles. The molecule has 0 aliphatic carbocycles. The molecule has 0 aromatic carbocycles. The van der Waals surface area contributed by atoms with Gasteiger partial charge in [0, 0.05) is 30.7 Å². The van der Waals surface area contributed by atoms with Crippen molar-refractivity contribution in [2.24, 2.45) is 0 Å². The lowest BCUT2D eigenvalue weighted by atomic mass is 10.0. The highest BCUT2D eigenvalue weighted by atomic mass is 16.7. The molecule has 1 unspecified atom stereocenters. The van der Waals surface area contributed by atoms with Crippen molar-refractivity contribution in [2.75, 3.05) is 0 Å². The third kappa shape index (κ3) is 4.20. The fraction of sp³-hybridized carbons (Fsp3) is 0.722. The van der Waals surface area contributed by atoms with E-state index in [1.54, 1.807) is 6.20 Å². The van der Waals surface area contributed by atoms with Gasteiger partial charge in [0.1, 0.15) is 5.75 Å².